The van der Waals surface area contributed by atoms with Crippen molar-refractivity contribution in [2.45, 2.75) is 6.54 Å². The van der Waals surface area contributed by atoms with Crippen molar-refractivity contribution in [3.05, 3.63) is 76.3 Å². The lowest BCUT2D eigenvalue weighted by Gasteiger charge is -2.07. The molecule has 3 rings (SSSR count). The van der Waals surface area contributed by atoms with Gasteiger partial charge in [-0.25, -0.2) is 4.98 Å². The van der Waals surface area contributed by atoms with Gasteiger partial charge in [0.25, 0.3) is 11.5 Å². The summed E-state index contributed by atoms with van der Waals surface area (Å²) in [7, 11) is 0. The van der Waals surface area contributed by atoms with Gasteiger partial charge < -0.3 is 15.4 Å². The number of aromatic amines is 1. The first-order valence-electron chi connectivity index (χ1n) is 7.22. The van der Waals surface area contributed by atoms with E-state index in [1.807, 2.05) is 30.3 Å². The van der Waals surface area contributed by atoms with Gasteiger partial charge in [0.2, 0.25) is 5.75 Å². The number of rotatable bonds is 4. The zero-order valence-corrected chi connectivity index (χ0v) is 12.6. The van der Waals surface area contributed by atoms with Crippen molar-refractivity contribution in [3.8, 4) is 17.3 Å². The third-order valence-electron chi connectivity index (χ3n) is 3.31. The molecule has 1 aromatic carbocycles. The predicted molar refractivity (Wildman–Crippen MR) is 87.4 cm³/mol. The molecule has 120 valence electrons. The molecule has 0 radical (unpaired) electrons. The molecule has 0 atom stereocenters. The topological polar surface area (TPSA) is 108 Å². The quantitative estimate of drug-likeness (QED) is 0.674. The molecule has 0 aliphatic heterocycles. The van der Waals surface area contributed by atoms with Crippen molar-refractivity contribution in [2.24, 2.45) is 0 Å². The van der Waals surface area contributed by atoms with Crippen molar-refractivity contribution in [2.75, 3.05) is 0 Å². The number of H-pyrrole nitrogens is 1. The van der Waals surface area contributed by atoms with Crippen LogP contribution in [0.3, 0.4) is 0 Å². The second-order valence-electron chi connectivity index (χ2n) is 5.00. The zero-order chi connectivity index (χ0) is 16.9. The van der Waals surface area contributed by atoms with Gasteiger partial charge in [-0.15, -0.1) is 0 Å². The van der Waals surface area contributed by atoms with Crippen molar-refractivity contribution in [1.29, 1.82) is 0 Å². The van der Waals surface area contributed by atoms with Crippen LogP contribution >= 0.6 is 0 Å². The molecule has 0 spiro atoms. The van der Waals surface area contributed by atoms with Crippen LogP contribution in [-0.4, -0.2) is 26.0 Å². The molecule has 0 aliphatic carbocycles. The van der Waals surface area contributed by atoms with Crippen molar-refractivity contribution >= 4 is 5.91 Å². The maximum Gasteiger partial charge on any atom is 0.294 e. The van der Waals surface area contributed by atoms with Gasteiger partial charge in [-0.2, -0.15) is 0 Å². The number of nitrogens with zero attached hydrogens (tertiary/aromatic N) is 2. The zero-order valence-electron chi connectivity index (χ0n) is 12.6. The maximum absolute atomic E-state index is 12.3. The molecule has 0 saturated heterocycles. The molecule has 24 heavy (non-hydrogen) atoms. The molecule has 0 aliphatic rings. The van der Waals surface area contributed by atoms with Crippen LogP contribution < -0.4 is 10.9 Å². The van der Waals surface area contributed by atoms with E-state index < -0.39 is 17.2 Å². The van der Waals surface area contributed by atoms with Gasteiger partial charge in [0.05, 0.1) is 0 Å². The van der Waals surface area contributed by atoms with Gasteiger partial charge in [-0.3, -0.25) is 14.6 Å². The van der Waals surface area contributed by atoms with E-state index in [4.69, 9.17) is 0 Å². The normalized spacial score (nSPS) is 10.3. The van der Waals surface area contributed by atoms with E-state index in [0.717, 1.165) is 5.56 Å². The van der Waals surface area contributed by atoms with E-state index >= 15 is 0 Å². The van der Waals surface area contributed by atoms with E-state index in [0.29, 0.717) is 5.69 Å². The Hall–Kier alpha value is -3.48. The van der Waals surface area contributed by atoms with Crippen LogP contribution in [0.25, 0.3) is 11.5 Å². The number of pyridine rings is 1. The van der Waals surface area contributed by atoms with Gasteiger partial charge in [0.1, 0.15) is 5.69 Å². The van der Waals surface area contributed by atoms with E-state index in [9.17, 15) is 14.7 Å². The van der Waals surface area contributed by atoms with Gasteiger partial charge >= 0.3 is 0 Å². The summed E-state index contributed by atoms with van der Waals surface area (Å²) in [5, 5.41) is 12.5. The Morgan fingerprint density at radius 1 is 1.12 bits per heavy atom. The standard InChI is InChI=1S/C17H14N4O3/c22-14-13(16(23)19-10-11-6-2-1-3-7-11)20-15(21-17(14)24)12-8-4-5-9-18-12/h1-9,22H,10H2,(H,19,23)(H,20,21,24). The number of benzene rings is 1. The summed E-state index contributed by atoms with van der Waals surface area (Å²) in [4.78, 5) is 34.6. The minimum atomic E-state index is -0.796. The number of aromatic hydroxyl groups is 1. The van der Waals surface area contributed by atoms with E-state index in [1.54, 1.807) is 18.2 Å². The first-order valence-corrected chi connectivity index (χ1v) is 7.22. The lowest BCUT2D eigenvalue weighted by Crippen LogP contribution is -2.26. The van der Waals surface area contributed by atoms with E-state index in [1.165, 1.54) is 6.20 Å². The van der Waals surface area contributed by atoms with E-state index in [-0.39, 0.29) is 18.1 Å². The molecule has 2 heterocycles. The Morgan fingerprint density at radius 2 is 1.88 bits per heavy atom. The molecule has 0 saturated carbocycles. The first-order chi connectivity index (χ1) is 11.6. The van der Waals surface area contributed by atoms with E-state index in [2.05, 4.69) is 20.3 Å². The molecule has 0 unspecified atom stereocenters. The number of nitrogens with one attached hydrogen (secondary N) is 2. The minimum absolute atomic E-state index is 0.114. The number of hydrogen-bond acceptors (Lipinski definition) is 5. The van der Waals surface area contributed by atoms with Crippen LogP contribution in [-0.2, 0) is 6.54 Å². The van der Waals surface area contributed by atoms with Crippen LogP contribution in [0, 0.1) is 0 Å². The highest BCUT2D eigenvalue weighted by molar-refractivity contribution is 5.95. The van der Waals surface area contributed by atoms with Crippen LogP contribution in [0.5, 0.6) is 5.75 Å². The lowest BCUT2D eigenvalue weighted by molar-refractivity contribution is 0.0942. The SMILES string of the molecule is O=C(NCc1ccccc1)c1nc(-c2ccccn2)[nH]c(=O)c1O. The molecule has 1 amide bonds. The van der Waals surface area contributed by atoms with Crippen LogP contribution in [0.1, 0.15) is 16.1 Å². The summed E-state index contributed by atoms with van der Waals surface area (Å²) in [5.74, 6) is -1.25. The fourth-order valence-corrected chi connectivity index (χ4v) is 2.11. The number of amides is 1. The Morgan fingerprint density at radius 3 is 2.58 bits per heavy atom. The first kappa shape index (κ1) is 15.4. The minimum Gasteiger partial charge on any atom is -0.501 e. The van der Waals surface area contributed by atoms with Gasteiger partial charge in [-0.05, 0) is 17.7 Å². The smallest absolute Gasteiger partial charge is 0.294 e. The largest absolute Gasteiger partial charge is 0.501 e. The average molecular weight is 322 g/mol. The maximum atomic E-state index is 12.3. The van der Waals surface area contributed by atoms with Gasteiger partial charge in [0.15, 0.2) is 11.5 Å². The second-order valence-corrected chi connectivity index (χ2v) is 5.00. The van der Waals surface area contributed by atoms with Crippen molar-refractivity contribution < 1.29 is 9.90 Å². The third kappa shape index (κ3) is 3.30. The molecular formula is C17H14N4O3. The molecule has 3 aromatic rings. The molecule has 0 bridgehead atoms. The third-order valence-corrected chi connectivity index (χ3v) is 3.31. The fraction of sp³-hybridized carbons (Fsp3) is 0.0588. The average Bonchev–Trinajstić information content (AvgIpc) is 2.63. The summed E-state index contributed by atoms with van der Waals surface area (Å²) in [5.41, 5.74) is 0.151. The summed E-state index contributed by atoms with van der Waals surface area (Å²) < 4.78 is 0. The summed E-state index contributed by atoms with van der Waals surface area (Å²) >= 11 is 0. The number of carbonyl (C=O) groups is 1. The summed E-state index contributed by atoms with van der Waals surface area (Å²) in [6, 6.07) is 14.4. The molecule has 2 aromatic heterocycles. The van der Waals surface area contributed by atoms with Crippen molar-refractivity contribution in [1.82, 2.24) is 20.3 Å². The summed E-state index contributed by atoms with van der Waals surface area (Å²) in [6.45, 7) is 0.256. The molecule has 0 fully saturated rings. The highest BCUT2D eigenvalue weighted by atomic mass is 16.3. The molecule has 7 heteroatoms. The molecule has 3 N–H and O–H groups in total. The predicted octanol–water partition coefficient (Wildman–Crippen LogP) is 1.47. The Bertz CT molecular complexity index is 908. The van der Waals surface area contributed by atoms with Crippen LogP contribution in [0.15, 0.2) is 59.5 Å². The van der Waals surface area contributed by atoms with Gasteiger partial charge in [0, 0.05) is 12.7 Å². The van der Waals surface area contributed by atoms with Gasteiger partial charge in [-0.1, -0.05) is 36.4 Å². The number of hydrogen-bond donors (Lipinski definition) is 3. The van der Waals surface area contributed by atoms with Crippen LogP contribution in [0.4, 0.5) is 0 Å². The van der Waals surface area contributed by atoms with Crippen molar-refractivity contribution in [3.63, 3.8) is 0 Å². The Labute approximate surface area is 137 Å². The molecular weight excluding hydrogens is 308 g/mol. The molecule has 7 nitrogen and oxygen atoms in total. The highest BCUT2D eigenvalue weighted by Gasteiger charge is 2.18. The number of aromatic nitrogens is 3. The Kier molecular flexibility index (Phi) is 4.33. The second kappa shape index (κ2) is 6.74. The monoisotopic (exact) mass is 322 g/mol. The lowest BCUT2D eigenvalue weighted by atomic mass is 10.2. The van der Waals surface area contributed by atoms with Crippen LogP contribution in [0.2, 0.25) is 0 Å². The fourth-order valence-electron chi connectivity index (χ4n) is 2.11. The Balaban J connectivity index is 1.88. The summed E-state index contributed by atoms with van der Waals surface area (Å²) in [6.07, 6.45) is 1.54. The number of carbonyl (C=O) groups excluding carboxylic acids is 1. The highest BCUT2D eigenvalue weighted by Crippen LogP contribution is 2.14.